The Hall–Kier alpha value is -2.11. The van der Waals surface area contributed by atoms with Gasteiger partial charge in [-0.25, -0.2) is 0 Å². The lowest BCUT2D eigenvalue weighted by Crippen LogP contribution is -2.41. The SMILES string of the molecule is C=CC(=O)N(CC)CC(=O)NC1CCCc2c1cnn2C1CCCC1. The molecule has 0 radical (unpaired) electrons. The topological polar surface area (TPSA) is 67.2 Å². The number of hydrogen-bond donors (Lipinski definition) is 1. The van der Waals surface area contributed by atoms with Gasteiger partial charge in [0.1, 0.15) is 0 Å². The normalized spacial score (nSPS) is 20.1. The number of hydrogen-bond acceptors (Lipinski definition) is 3. The molecule has 2 aliphatic carbocycles. The Kier molecular flexibility index (Phi) is 5.56. The minimum absolute atomic E-state index is 0.00365. The highest BCUT2D eigenvalue weighted by Crippen LogP contribution is 2.35. The molecule has 1 saturated carbocycles. The average molecular weight is 344 g/mol. The maximum Gasteiger partial charge on any atom is 0.246 e. The third-order valence-electron chi connectivity index (χ3n) is 5.42. The van der Waals surface area contributed by atoms with Gasteiger partial charge in [0.25, 0.3) is 0 Å². The van der Waals surface area contributed by atoms with Gasteiger partial charge in [-0.1, -0.05) is 19.4 Å². The molecule has 1 aromatic heterocycles. The minimum atomic E-state index is -0.212. The highest BCUT2D eigenvalue weighted by molar-refractivity contribution is 5.90. The molecule has 136 valence electrons. The van der Waals surface area contributed by atoms with Crippen molar-refractivity contribution in [1.82, 2.24) is 20.0 Å². The lowest BCUT2D eigenvalue weighted by molar-refractivity contribution is -0.132. The van der Waals surface area contributed by atoms with Gasteiger partial charge in [0.2, 0.25) is 11.8 Å². The summed E-state index contributed by atoms with van der Waals surface area (Å²) in [5, 5.41) is 7.75. The van der Waals surface area contributed by atoms with Crippen LogP contribution in [0.2, 0.25) is 0 Å². The number of nitrogens with zero attached hydrogens (tertiary/aromatic N) is 3. The lowest BCUT2D eigenvalue weighted by atomic mass is 9.92. The summed E-state index contributed by atoms with van der Waals surface area (Å²) in [6, 6.07) is 0.530. The molecular formula is C19H28N4O2. The highest BCUT2D eigenvalue weighted by atomic mass is 16.2. The number of nitrogens with one attached hydrogen (secondary N) is 1. The van der Waals surface area contributed by atoms with Crippen molar-refractivity contribution in [2.24, 2.45) is 0 Å². The Labute approximate surface area is 149 Å². The average Bonchev–Trinajstić information content (AvgIpc) is 3.28. The largest absolute Gasteiger partial charge is 0.348 e. The second-order valence-corrected chi connectivity index (χ2v) is 7.00. The predicted octanol–water partition coefficient (Wildman–Crippen LogP) is 2.53. The van der Waals surface area contributed by atoms with Crippen LogP contribution in [-0.2, 0) is 16.0 Å². The van der Waals surface area contributed by atoms with E-state index in [4.69, 9.17) is 0 Å². The van der Waals surface area contributed by atoms with Crippen molar-refractivity contribution >= 4 is 11.8 Å². The second kappa shape index (κ2) is 7.85. The fourth-order valence-electron chi connectivity index (χ4n) is 4.08. The van der Waals surface area contributed by atoms with Gasteiger partial charge in [0.15, 0.2) is 0 Å². The molecule has 25 heavy (non-hydrogen) atoms. The first-order valence-corrected chi connectivity index (χ1v) is 9.41. The van der Waals surface area contributed by atoms with E-state index >= 15 is 0 Å². The van der Waals surface area contributed by atoms with E-state index in [9.17, 15) is 9.59 Å². The molecule has 1 N–H and O–H groups in total. The maximum absolute atomic E-state index is 12.4. The Morgan fingerprint density at radius 1 is 1.36 bits per heavy atom. The van der Waals surface area contributed by atoms with Crippen LogP contribution in [0.4, 0.5) is 0 Å². The van der Waals surface area contributed by atoms with Crippen molar-refractivity contribution in [3.63, 3.8) is 0 Å². The van der Waals surface area contributed by atoms with Crippen molar-refractivity contribution in [1.29, 1.82) is 0 Å². The smallest absolute Gasteiger partial charge is 0.246 e. The van der Waals surface area contributed by atoms with Crippen molar-refractivity contribution in [2.45, 2.75) is 64.0 Å². The van der Waals surface area contributed by atoms with Crippen molar-refractivity contribution in [3.8, 4) is 0 Å². The second-order valence-electron chi connectivity index (χ2n) is 7.00. The molecule has 6 nitrogen and oxygen atoms in total. The minimum Gasteiger partial charge on any atom is -0.348 e. The fraction of sp³-hybridized carbons (Fsp3) is 0.632. The first-order chi connectivity index (χ1) is 12.1. The summed E-state index contributed by atoms with van der Waals surface area (Å²) in [4.78, 5) is 25.6. The summed E-state index contributed by atoms with van der Waals surface area (Å²) in [5.74, 6) is -0.334. The van der Waals surface area contributed by atoms with Crippen LogP contribution in [0.15, 0.2) is 18.9 Å². The molecule has 3 rings (SSSR count). The zero-order valence-corrected chi connectivity index (χ0v) is 15.0. The van der Waals surface area contributed by atoms with Crippen LogP contribution in [0.25, 0.3) is 0 Å². The van der Waals surface area contributed by atoms with Crippen LogP contribution in [0.1, 0.15) is 68.8 Å². The van der Waals surface area contributed by atoms with E-state index in [2.05, 4.69) is 21.7 Å². The molecule has 1 fully saturated rings. The highest BCUT2D eigenvalue weighted by Gasteiger charge is 2.29. The van der Waals surface area contributed by atoms with Crippen LogP contribution in [-0.4, -0.2) is 39.6 Å². The maximum atomic E-state index is 12.4. The number of carbonyl (C=O) groups excluding carboxylic acids is 2. The Balaban J connectivity index is 1.68. The molecule has 0 aromatic carbocycles. The van der Waals surface area contributed by atoms with Gasteiger partial charge in [-0.3, -0.25) is 14.3 Å². The first-order valence-electron chi connectivity index (χ1n) is 9.41. The Bertz CT molecular complexity index is 646. The van der Waals surface area contributed by atoms with Gasteiger partial charge >= 0.3 is 0 Å². The molecule has 1 unspecified atom stereocenters. The summed E-state index contributed by atoms with van der Waals surface area (Å²) < 4.78 is 2.21. The summed E-state index contributed by atoms with van der Waals surface area (Å²) in [6.45, 7) is 5.92. The van der Waals surface area contributed by atoms with E-state index in [1.807, 2.05) is 13.1 Å². The van der Waals surface area contributed by atoms with E-state index in [1.165, 1.54) is 42.4 Å². The summed E-state index contributed by atoms with van der Waals surface area (Å²) in [5.41, 5.74) is 2.45. The molecule has 2 aliphatic rings. The van der Waals surface area contributed by atoms with Crippen LogP contribution < -0.4 is 5.32 Å². The van der Waals surface area contributed by atoms with Gasteiger partial charge < -0.3 is 10.2 Å². The third-order valence-corrected chi connectivity index (χ3v) is 5.42. The summed E-state index contributed by atoms with van der Waals surface area (Å²) in [7, 11) is 0. The molecule has 0 saturated heterocycles. The molecule has 1 aromatic rings. The van der Waals surface area contributed by atoms with E-state index in [0.717, 1.165) is 24.8 Å². The molecule has 0 spiro atoms. The Morgan fingerprint density at radius 3 is 2.80 bits per heavy atom. The van der Waals surface area contributed by atoms with E-state index < -0.39 is 0 Å². The summed E-state index contributed by atoms with van der Waals surface area (Å²) in [6.07, 6.45) is 11.2. The monoisotopic (exact) mass is 344 g/mol. The molecule has 0 bridgehead atoms. The fourth-order valence-corrected chi connectivity index (χ4v) is 4.08. The standard InChI is InChI=1S/C19H28N4O2/c1-3-19(25)22(4-2)13-18(24)21-16-10-7-11-17-15(16)12-20-23(17)14-8-5-6-9-14/h3,12,14,16H,1,4-11,13H2,2H3,(H,21,24). The van der Waals surface area contributed by atoms with E-state index in [0.29, 0.717) is 12.6 Å². The molecule has 1 atom stereocenters. The number of rotatable bonds is 6. The molecule has 6 heteroatoms. The predicted molar refractivity (Wildman–Crippen MR) is 96.0 cm³/mol. The molecule has 2 amide bonds. The van der Waals surface area contributed by atoms with Crippen molar-refractivity contribution < 1.29 is 9.59 Å². The number of aromatic nitrogens is 2. The Morgan fingerprint density at radius 2 is 2.12 bits per heavy atom. The lowest BCUT2D eigenvalue weighted by Gasteiger charge is -2.27. The quantitative estimate of drug-likeness (QED) is 0.807. The number of amides is 2. The van der Waals surface area contributed by atoms with Crippen molar-refractivity contribution in [3.05, 3.63) is 30.1 Å². The van der Waals surface area contributed by atoms with Crippen LogP contribution in [0.5, 0.6) is 0 Å². The van der Waals surface area contributed by atoms with Gasteiger partial charge in [0.05, 0.1) is 24.8 Å². The van der Waals surface area contributed by atoms with E-state index in [1.54, 1.807) is 0 Å². The molecular weight excluding hydrogens is 316 g/mol. The molecule has 1 heterocycles. The van der Waals surface area contributed by atoms with Gasteiger partial charge in [-0.05, 0) is 45.1 Å². The summed E-state index contributed by atoms with van der Waals surface area (Å²) >= 11 is 0. The zero-order chi connectivity index (χ0) is 17.8. The van der Waals surface area contributed by atoms with Crippen LogP contribution in [0, 0.1) is 0 Å². The van der Waals surface area contributed by atoms with Gasteiger partial charge in [-0.15, -0.1) is 0 Å². The number of likely N-dealkylation sites (N-methyl/N-ethyl adjacent to an activating group) is 1. The van der Waals surface area contributed by atoms with Gasteiger partial charge in [0, 0.05) is 17.8 Å². The van der Waals surface area contributed by atoms with Crippen LogP contribution >= 0.6 is 0 Å². The van der Waals surface area contributed by atoms with Crippen LogP contribution in [0.3, 0.4) is 0 Å². The zero-order valence-electron chi connectivity index (χ0n) is 15.0. The first kappa shape index (κ1) is 17.7. The molecule has 0 aliphatic heterocycles. The van der Waals surface area contributed by atoms with Crippen molar-refractivity contribution in [2.75, 3.05) is 13.1 Å². The van der Waals surface area contributed by atoms with E-state index in [-0.39, 0.29) is 24.4 Å². The number of carbonyl (C=O) groups is 2. The third kappa shape index (κ3) is 3.78. The number of fused-ring (bicyclic) bond motifs is 1. The van der Waals surface area contributed by atoms with Gasteiger partial charge in [-0.2, -0.15) is 5.10 Å².